The minimum absolute atomic E-state index is 0.265. The number of rotatable bonds is 6. The van der Waals surface area contributed by atoms with E-state index in [1.54, 1.807) is 17.6 Å². The van der Waals surface area contributed by atoms with Gasteiger partial charge in [-0.05, 0) is 30.2 Å². The molecule has 1 fully saturated rings. The van der Waals surface area contributed by atoms with E-state index in [0.717, 1.165) is 23.4 Å². The van der Waals surface area contributed by atoms with Crippen molar-refractivity contribution in [2.75, 3.05) is 0 Å². The summed E-state index contributed by atoms with van der Waals surface area (Å²) in [6.45, 7) is 0.419. The smallest absolute Gasteiger partial charge is 0.320 e. The Balaban J connectivity index is 1.62. The molecule has 19 heavy (non-hydrogen) atoms. The van der Waals surface area contributed by atoms with Gasteiger partial charge in [0.25, 0.3) is 0 Å². The zero-order chi connectivity index (χ0) is 13.2. The van der Waals surface area contributed by atoms with Crippen LogP contribution in [0.25, 0.3) is 10.8 Å². The summed E-state index contributed by atoms with van der Waals surface area (Å²) in [6.07, 6.45) is 3.56. The number of carboxylic acids is 1. The van der Waals surface area contributed by atoms with E-state index in [4.69, 9.17) is 9.52 Å². The number of oxazole rings is 1. The number of aliphatic carboxylic acids is 1. The highest BCUT2D eigenvalue weighted by atomic mass is 32.1. The standard InChI is InChI=1S/C13H14N2O3S/c16-13(17)11(8-3-4-8)14-6-9-7-18-12(15-9)10-2-1-5-19-10/h1-2,5,7-8,11,14H,3-4,6H2,(H,16,17). The second kappa shape index (κ2) is 5.14. The van der Waals surface area contributed by atoms with Gasteiger partial charge < -0.3 is 9.52 Å². The molecular weight excluding hydrogens is 264 g/mol. The molecule has 1 saturated carbocycles. The molecule has 2 aromatic heterocycles. The molecular formula is C13H14N2O3S. The Morgan fingerprint density at radius 2 is 2.47 bits per heavy atom. The van der Waals surface area contributed by atoms with Crippen molar-refractivity contribution in [3.8, 4) is 10.8 Å². The molecule has 0 aromatic carbocycles. The van der Waals surface area contributed by atoms with Crippen molar-refractivity contribution < 1.29 is 14.3 Å². The number of carboxylic acid groups (broad SMARTS) is 1. The highest BCUT2D eigenvalue weighted by Gasteiger charge is 2.35. The third-order valence-electron chi connectivity index (χ3n) is 3.15. The molecule has 6 heteroatoms. The molecule has 2 heterocycles. The minimum Gasteiger partial charge on any atom is -0.480 e. The number of aromatic nitrogens is 1. The summed E-state index contributed by atoms with van der Waals surface area (Å²) < 4.78 is 5.39. The van der Waals surface area contributed by atoms with Gasteiger partial charge in [0.05, 0.1) is 10.6 Å². The second-order valence-corrected chi connectivity index (χ2v) is 5.60. The van der Waals surface area contributed by atoms with Crippen LogP contribution < -0.4 is 5.32 Å². The maximum Gasteiger partial charge on any atom is 0.320 e. The van der Waals surface area contributed by atoms with E-state index in [1.807, 2.05) is 17.5 Å². The Morgan fingerprint density at radius 1 is 1.63 bits per heavy atom. The van der Waals surface area contributed by atoms with Gasteiger partial charge in [-0.15, -0.1) is 11.3 Å². The zero-order valence-corrected chi connectivity index (χ0v) is 11.0. The Hall–Kier alpha value is -1.66. The van der Waals surface area contributed by atoms with Crippen molar-refractivity contribution in [1.82, 2.24) is 10.3 Å². The molecule has 0 spiro atoms. The number of thiophene rings is 1. The van der Waals surface area contributed by atoms with Gasteiger partial charge in [0, 0.05) is 6.54 Å². The van der Waals surface area contributed by atoms with Gasteiger partial charge in [0.2, 0.25) is 5.89 Å². The first-order valence-electron chi connectivity index (χ1n) is 6.18. The molecule has 0 aliphatic heterocycles. The Bertz CT molecular complexity index is 560. The average molecular weight is 278 g/mol. The van der Waals surface area contributed by atoms with Crippen LogP contribution in [0.5, 0.6) is 0 Å². The van der Waals surface area contributed by atoms with E-state index in [2.05, 4.69) is 10.3 Å². The van der Waals surface area contributed by atoms with Crippen molar-refractivity contribution in [2.45, 2.75) is 25.4 Å². The van der Waals surface area contributed by atoms with Crippen molar-refractivity contribution in [3.05, 3.63) is 29.5 Å². The van der Waals surface area contributed by atoms with E-state index in [0.29, 0.717) is 12.4 Å². The minimum atomic E-state index is -0.788. The molecule has 3 rings (SSSR count). The van der Waals surface area contributed by atoms with Crippen molar-refractivity contribution in [1.29, 1.82) is 0 Å². The number of nitrogens with one attached hydrogen (secondary N) is 1. The quantitative estimate of drug-likeness (QED) is 0.848. The molecule has 1 aliphatic rings. The van der Waals surface area contributed by atoms with Crippen LogP contribution in [0.2, 0.25) is 0 Å². The van der Waals surface area contributed by atoms with Crippen molar-refractivity contribution in [2.24, 2.45) is 5.92 Å². The molecule has 0 radical (unpaired) electrons. The topological polar surface area (TPSA) is 75.4 Å². The lowest BCUT2D eigenvalue weighted by Crippen LogP contribution is -2.38. The molecule has 1 unspecified atom stereocenters. The number of nitrogens with zero attached hydrogens (tertiary/aromatic N) is 1. The molecule has 0 bridgehead atoms. The van der Waals surface area contributed by atoms with Gasteiger partial charge in [-0.1, -0.05) is 6.07 Å². The zero-order valence-electron chi connectivity index (χ0n) is 10.2. The number of hydrogen-bond donors (Lipinski definition) is 2. The molecule has 5 nitrogen and oxygen atoms in total. The molecule has 2 N–H and O–H groups in total. The highest BCUT2D eigenvalue weighted by Crippen LogP contribution is 2.33. The summed E-state index contributed by atoms with van der Waals surface area (Å²) in [6, 6.07) is 3.41. The molecule has 1 aliphatic carbocycles. The summed E-state index contributed by atoms with van der Waals surface area (Å²) in [5, 5.41) is 14.1. The van der Waals surface area contributed by atoms with Crippen LogP contribution in [-0.4, -0.2) is 22.1 Å². The fourth-order valence-electron chi connectivity index (χ4n) is 2.00. The monoisotopic (exact) mass is 278 g/mol. The highest BCUT2D eigenvalue weighted by molar-refractivity contribution is 7.13. The van der Waals surface area contributed by atoms with Crippen LogP contribution in [0.1, 0.15) is 18.5 Å². The maximum absolute atomic E-state index is 11.1. The van der Waals surface area contributed by atoms with Crippen LogP contribution in [0.15, 0.2) is 28.2 Å². The van der Waals surface area contributed by atoms with Crippen LogP contribution in [0.3, 0.4) is 0 Å². The summed E-state index contributed by atoms with van der Waals surface area (Å²) in [5.74, 6) is 0.0655. The van der Waals surface area contributed by atoms with Crippen LogP contribution in [0, 0.1) is 5.92 Å². The predicted molar refractivity (Wildman–Crippen MR) is 70.8 cm³/mol. The third kappa shape index (κ3) is 2.85. The average Bonchev–Trinajstić information content (AvgIpc) is 2.92. The second-order valence-electron chi connectivity index (χ2n) is 4.66. The van der Waals surface area contributed by atoms with E-state index in [9.17, 15) is 4.79 Å². The van der Waals surface area contributed by atoms with Gasteiger partial charge in [0.15, 0.2) is 0 Å². The van der Waals surface area contributed by atoms with Crippen LogP contribution >= 0.6 is 11.3 Å². The number of hydrogen-bond acceptors (Lipinski definition) is 5. The van der Waals surface area contributed by atoms with Gasteiger partial charge in [0.1, 0.15) is 12.3 Å². The first-order valence-corrected chi connectivity index (χ1v) is 7.06. The Labute approximate surface area is 114 Å². The first kappa shape index (κ1) is 12.4. The van der Waals surface area contributed by atoms with Crippen molar-refractivity contribution >= 4 is 17.3 Å². The Morgan fingerprint density at radius 3 is 3.11 bits per heavy atom. The van der Waals surface area contributed by atoms with Crippen LogP contribution in [0.4, 0.5) is 0 Å². The number of carbonyl (C=O) groups is 1. The fraction of sp³-hybridized carbons (Fsp3) is 0.385. The summed E-state index contributed by atoms with van der Waals surface area (Å²) in [7, 11) is 0. The third-order valence-corrected chi connectivity index (χ3v) is 4.00. The summed E-state index contributed by atoms with van der Waals surface area (Å²) >= 11 is 1.56. The molecule has 0 amide bonds. The van der Waals surface area contributed by atoms with Gasteiger partial charge in [-0.2, -0.15) is 0 Å². The fourth-order valence-corrected chi connectivity index (χ4v) is 2.66. The molecule has 100 valence electrons. The SMILES string of the molecule is O=C(O)C(NCc1coc(-c2cccs2)n1)C1CC1. The largest absolute Gasteiger partial charge is 0.480 e. The van der Waals surface area contributed by atoms with E-state index < -0.39 is 12.0 Å². The van der Waals surface area contributed by atoms with Gasteiger partial charge >= 0.3 is 5.97 Å². The van der Waals surface area contributed by atoms with E-state index in [1.165, 1.54) is 0 Å². The first-order chi connectivity index (χ1) is 9.24. The van der Waals surface area contributed by atoms with Gasteiger partial charge in [-0.25, -0.2) is 4.98 Å². The maximum atomic E-state index is 11.1. The Kier molecular flexibility index (Phi) is 3.35. The van der Waals surface area contributed by atoms with Gasteiger partial charge in [-0.3, -0.25) is 10.1 Å². The lowest BCUT2D eigenvalue weighted by molar-refractivity contribution is -0.140. The van der Waals surface area contributed by atoms with Crippen LogP contribution in [-0.2, 0) is 11.3 Å². The lowest BCUT2D eigenvalue weighted by Gasteiger charge is -2.11. The molecule has 0 saturated heterocycles. The van der Waals surface area contributed by atoms with Crippen molar-refractivity contribution in [3.63, 3.8) is 0 Å². The molecule has 2 aromatic rings. The van der Waals surface area contributed by atoms with E-state index in [-0.39, 0.29) is 5.92 Å². The normalized spacial score (nSPS) is 16.4. The predicted octanol–water partition coefficient (Wildman–Crippen LogP) is 2.36. The summed E-state index contributed by atoms with van der Waals surface area (Å²) in [5.41, 5.74) is 0.732. The molecule has 1 atom stereocenters. The summed E-state index contributed by atoms with van der Waals surface area (Å²) in [4.78, 5) is 16.4. The van der Waals surface area contributed by atoms with E-state index >= 15 is 0 Å². The lowest BCUT2D eigenvalue weighted by atomic mass is 10.2.